The van der Waals surface area contributed by atoms with Crippen molar-refractivity contribution in [2.45, 2.75) is 41.7 Å². The van der Waals surface area contributed by atoms with E-state index in [2.05, 4.69) is 23.6 Å². The van der Waals surface area contributed by atoms with Crippen LogP contribution in [0.4, 0.5) is 11.6 Å². The van der Waals surface area contributed by atoms with Crippen molar-refractivity contribution in [3.05, 3.63) is 23.5 Å². The van der Waals surface area contributed by atoms with Crippen LogP contribution in [-0.2, 0) is 14.6 Å². The molecule has 2 saturated heterocycles. The zero-order valence-corrected chi connectivity index (χ0v) is 19.6. The summed E-state index contributed by atoms with van der Waals surface area (Å²) in [7, 11) is -4.03. The zero-order chi connectivity index (χ0) is 22.7. The fraction of sp³-hybridized carbons (Fsp3) is 0.474. The van der Waals surface area contributed by atoms with Crippen LogP contribution in [0.2, 0.25) is 5.02 Å². The molecule has 0 aliphatic carbocycles. The topological polar surface area (TPSA) is 150 Å². The Kier molecular flexibility index (Phi) is 5.25. The van der Waals surface area contributed by atoms with Gasteiger partial charge in [0.2, 0.25) is 9.84 Å². The number of piperidine rings is 1. The van der Waals surface area contributed by atoms with Crippen LogP contribution in [0.15, 0.2) is 28.3 Å². The lowest BCUT2D eigenvalue weighted by Crippen LogP contribution is -2.50. The Labute approximate surface area is 194 Å². The summed E-state index contributed by atoms with van der Waals surface area (Å²) in [5.74, 6) is 0.555. The van der Waals surface area contributed by atoms with Crippen molar-refractivity contribution in [1.29, 1.82) is 0 Å². The van der Waals surface area contributed by atoms with Gasteiger partial charge in [0, 0.05) is 30.7 Å². The number of halogens is 1. The van der Waals surface area contributed by atoms with Gasteiger partial charge in [-0.3, -0.25) is 0 Å². The molecule has 13 heteroatoms. The molecule has 4 N–H and O–H groups in total. The van der Waals surface area contributed by atoms with Crippen molar-refractivity contribution in [3.8, 4) is 0 Å². The summed E-state index contributed by atoms with van der Waals surface area (Å²) in [6.07, 6.45) is 4.40. The average Bonchev–Trinajstić information content (AvgIpc) is 3.37. The van der Waals surface area contributed by atoms with Gasteiger partial charge in [-0.05, 0) is 25.8 Å². The minimum atomic E-state index is -4.03. The monoisotopic (exact) mass is 495 g/mol. The lowest BCUT2D eigenvalue weighted by atomic mass is 9.73. The summed E-state index contributed by atoms with van der Waals surface area (Å²) in [4.78, 5) is 10.2. The molecule has 0 amide bonds. The number of ether oxygens (including phenoxy) is 1. The van der Waals surface area contributed by atoms with Gasteiger partial charge in [-0.25, -0.2) is 18.4 Å². The second-order valence-corrected chi connectivity index (χ2v) is 11.1. The molecule has 2 aliphatic rings. The highest BCUT2D eigenvalue weighted by molar-refractivity contribution is 7.91. The molecule has 0 saturated carbocycles. The minimum absolute atomic E-state index is 0.00336. The van der Waals surface area contributed by atoms with Crippen molar-refractivity contribution in [1.82, 2.24) is 18.7 Å². The maximum atomic E-state index is 13.3. The Morgan fingerprint density at radius 2 is 1.94 bits per heavy atom. The highest BCUT2D eigenvalue weighted by atomic mass is 35.5. The molecule has 5 heterocycles. The van der Waals surface area contributed by atoms with Gasteiger partial charge in [0.1, 0.15) is 26.8 Å². The van der Waals surface area contributed by atoms with Gasteiger partial charge in [-0.15, -0.1) is 0 Å². The van der Waals surface area contributed by atoms with Gasteiger partial charge in [0.15, 0.2) is 5.82 Å². The van der Waals surface area contributed by atoms with Crippen LogP contribution in [0.1, 0.15) is 19.8 Å². The molecule has 3 aromatic rings. The molecular weight excluding hydrogens is 474 g/mol. The Morgan fingerprint density at radius 1 is 1.22 bits per heavy atom. The van der Waals surface area contributed by atoms with Gasteiger partial charge in [-0.1, -0.05) is 11.6 Å². The van der Waals surface area contributed by atoms with Gasteiger partial charge in [0.05, 0.1) is 35.5 Å². The first-order valence-electron chi connectivity index (χ1n) is 10.1. The predicted octanol–water partition coefficient (Wildman–Crippen LogP) is 1.88. The van der Waals surface area contributed by atoms with Gasteiger partial charge in [-0.2, -0.15) is 8.75 Å². The predicted molar refractivity (Wildman–Crippen MR) is 122 cm³/mol. The van der Waals surface area contributed by atoms with E-state index in [1.807, 2.05) is 6.92 Å². The molecule has 2 atom stereocenters. The largest absolute Gasteiger partial charge is 0.382 e. The molecule has 0 aromatic carbocycles. The number of pyridine rings is 2. The molecule has 32 heavy (non-hydrogen) atoms. The van der Waals surface area contributed by atoms with E-state index in [0.717, 1.165) is 37.7 Å². The highest BCUT2D eigenvalue weighted by Crippen LogP contribution is 2.43. The summed E-state index contributed by atoms with van der Waals surface area (Å²) in [6.45, 7) is 4.13. The maximum Gasteiger partial charge on any atom is 0.212 e. The molecule has 10 nitrogen and oxygen atoms in total. The first-order chi connectivity index (χ1) is 15.2. The van der Waals surface area contributed by atoms with Gasteiger partial charge >= 0.3 is 0 Å². The Morgan fingerprint density at radius 3 is 2.62 bits per heavy atom. The van der Waals surface area contributed by atoms with Crippen molar-refractivity contribution >= 4 is 55.8 Å². The Bertz CT molecular complexity index is 1290. The maximum absolute atomic E-state index is 13.3. The van der Waals surface area contributed by atoms with E-state index in [0.29, 0.717) is 17.9 Å². The summed E-state index contributed by atoms with van der Waals surface area (Å²) in [5.41, 5.74) is 12.8. The summed E-state index contributed by atoms with van der Waals surface area (Å²) >= 11 is 7.08. The van der Waals surface area contributed by atoms with Crippen LogP contribution in [0.25, 0.3) is 11.0 Å². The number of sulfone groups is 1. The molecule has 2 fully saturated rings. The molecule has 2 aliphatic heterocycles. The number of anilines is 2. The molecule has 170 valence electrons. The number of nitrogens with zero attached hydrogens (tertiary/aromatic N) is 5. The average molecular weight is 496 g/mol. The normalized spacial score (nSPS) is 23.3. The molecule has 5 rings (SSSR count). The van der Waals surface area contributed by atoms with Crippen LogP contribution in [0.5, 0.6) is 0 Å². The molecular formula is C19H22ClN7O3S2. The number of hydrogen-bond acceptors (Lipinski definition) is 11. The number of nitrogens with two attached hydrogens (primary N) is 2. The quantitative estimate of drug-likeness (QED) is 0.551. The van der Waals surface area contributed by atoms with Crippen molar-refractivity contribution in [3.63, 3.8) is 0 Å². The minimum Gasteiger partial charge on any atom is -0.382 e. The smallest absolute Gasteiger partial charge is 0.212 e. The van der Waals surface area contributed by atoms with E-state index in [1.165, 1.54) is 18.5 Å². The third-order valence-electron chi connectivity index (χ3n) is 6.60. The number of fused-ring (bicyclic) bond motifs is 1. The number of nitrogen functional groups attached to an aromatic ring is 1. The van der Waals surface area contributed by atoms with E-state index >= 15 is 0 Å². The second-order valence-electron chi connectivity index (χ2n) is 8.31. The lowest BCUT2D eigenvalue weighted by Gasteiger charge is -2.41. The fourth-order valence-corrected chi connectivity index (χ4v) is 7.01. The number of rotatable bonds is 3. The molecule has 0 unspecified atom stereocenters. The lowest BCUT2D eigenvalue weighted by molar-refractivity contribution is 0.0974. The zero-order valence-electron chi connectivity index (χ0n) is 17.2. The van der Waals surface area contributed by atoms with E-state index in [9.17, 15) is 8.42 Å². The van der Waals surface area contributed by atoms with Crippen LogP contribution in [-0.4, -0.2) is 59.0 Å². The van der Waals surface area contributed by atoms with Crippen LogP contribution in [0, 0.1) is 5.41 Å². The van der Waals surface area contributed by atoms with Crippen molar-refractivity contribution < 1.29 is 13.2 Å². The third-order valence-corrected chi connectivity index (χ3v) is 9.44. The molecule has 1 spiro atoms. The number of aromatic nitrogens is 4. The van der Waals surface area contributed by atoms with Crippen molar-refractivity contribution in [2.75, 3.05) is 30.3 Å². The fourth-order valence-electron chi connectivity index (χ4n) is 4.57. The molecule has 3 aromatic heterocycles. The number of hydrogen-bond donors (Lipinski definition) is 2. The second kappa shape index (κ2) is 7.73. The van der Waals surface area contributed by atoms with Gasteiger partial charge < -0.3 is 21.1 Å². The van der Waals surface area contributed by atoms with Crippen LogP contribution >= 0.6 is 23.3 Å². The van der Waals surface area contributed by atoms with Crippen molar-refractivity contribution in [2.24, 2.45) is 11.1 Å². The molecule has 0 bridgehead atoms. The summed E-state index contributed by atoms with van der Waals surface area (Å²) in [6, 6.07) is 1.31. The Hall–Kier alpha value is -2.12. The molecule has 0 radical (unpaired) electrons. The standard InChI is InChI=1S/C19H22ClN7O3S2/c1-10-16(21)19(9-30-10)3-6-27(7-4-19)18-15-14(25-31-26-15)12(8-24-18)32(28,29)11-2-5-23-17(22)13(11)20/h2,5,8,10,16H,3-4,6-7,9,21H2,1H3,(H2,22,23)/t10-,16+/m0/s1. The SMILES string of the molecule is C[C@@H]1OCC2(CCN(c3ncc(S(=O)(=O)c4ccnc(N)c4Cl)c4nsnc34)CC2)[C@@H]1N. The van der Waals surface area contributed by atoms with E-state index in [-0.39, 0.29) is 43.7 Å². The summed E-state index contributed by atoms with van der Waals surface area (Å²) in [5, 5.41) is -0.126. The highest BCUT2D eigenvalue weighted by Gasteiger charge is 2.47. The van der Waals surface area contributed by atoms with Crippen LogP contribution < -0.4 is 16.4 Å². The Balaban J connectivity index is 1.49. The summed E-state index contributed by atoms with van der Waals surface area (Å²) < 4.78 is 41.1. The van der Waals surface area contributed by atoms with E-state index in [1.54, 1.807) is 0 Å². The van der Waals surface area contributed by atoms with Gasteiger partial charge in [0.25, 0.3) is 0 Å². The first-order valence-corrected chi connectivity index (χ1v) is 12.7. The first kappa shape index (κ1) is 21.7. The third kappa shape index (κ3) is 3.24. The van der Waals surface area contributed by atoms with E-state index in [4.69, 9.17) is 27.8 Å². The van der Waals surface area contributed by atoms with Crippen LogP contribution in [0.3, 0.4) is 0 Å². The van der Waals surface area contributed by atoms with E-state index < -0.39 is 9.84 Å².